The summed E-state index contributed by atoms with van der Waals surface area (Å²) in [5.41, 5.74) is 9.96. The van der Waals surface area contributed by atoms with Crippen molar-refractivity contribution >= 4 is 22.6 Å². The third-order valence-corrected chi connectivity index (χ3v) is 5.44. The number of ether oxygens (including phenoxy) is 1. The predicted octanol–water partition coefficient (Wildman–Crippen LogP) is 2.03. The number of aliphatic hydroxyl groups excluding tert-OH is 1. The van der Waals surface area contributed by atoms with Crippen LogP contribution in [0.3, 0.4) is 0 Å². The van der Waals surface area contributed by atoms with E-state index in [1.807, 2.05) is 12.1 Å². The van der Waals surface area contributed by atoms with Crippen LogP contribution in [-0.2, 0) is 0 Å². The average Bonchev–Trinajstić information content (AvgIpc) is 3.41. The van der Waals surface area contributed by atoms with E-state index in [1.165, 1.54) is 13.4 Å². The molecule has 1 atom stereocenters. The molecular weight excluding hydrogens is 370 g/mol. The van der Waals surface area contributed by atoms with Crippen LogP contribution < -0.4 is 15.4 Å². The Morgan fingerprint density at radius 1 is 1.48 bits per heavy atom. The number of nitrogens with zero attached hydrogens (tertiary/aromatic N) is 3. The minimum atomic E-state index is -0.541. The van der Waals surface area contributed by atoms with Crippen LogP contribution in [-0.4, -0.2) is 47.8 Å². The van der Waals surface area contributed by atoms with Gasteiger partial charge in [0.15, 0.2) is 0 Å². The van der Waals surface area contributed by atoms with Crippen molar-refractivity contribution in [1.82, 2.24) is 9.97 Å². The summed E-state index contributed by atoms with van der Waals surface area (Å²) in [5, 5.41) is 19.0. The summed E-state index contributed by atoms with van der Waals surface area (Å²) in [7, 11) is 1.52. The van der Waals surface area contributed by atoms with Crippen molar-refractivity contribution in [2.45, 2.75) is 6.42 Å². The number of nitrogens with one attached hydrogen (secondary N) is 1. The van der Waals surface area contributed by atoms with Crippen LogP contribution in [0.5, 0.6) is 5.75 Å². The fourth-order valence-corrected chi connectivity index (χ4v) is 3.98. The third kappa shape index (κ3) is 3.15. The molecule has 1 aliphatic rings. The Kier molecular flexibility index (Phi) is 4.82. The molecule has 1 fully saturated rings. The zero-order valence-corrected chi connectivity index (χ0v) is 16.0. The summed E-state index contributed by atoms with van der Waals surface area (Å²) in [6.07, 6.45) is 2.37. The lowest BCUT2D eigenvalue weighted by molar-refractivity contribution is 0.100. The first-order chi connectivity index (χ1) is 14.1. The van der Waals surface area contributed by atoms with Crippen molar-refractivity contribution in [2.75, 3.05) is 31.7 Å². The van der Waals surface area contributed by atoms with Gasteiger partial charge in [0.1, 0.15) is 11.8 Å². The van der Waals surface area contributed by atoms with Crippen LogP contribution in [0.4, 0.5) is 5.69 Å². The van der Waals surface area contributed by atoms with E-state index in [4.69, 9.17) is 10.5 Å². The second-order valence-corrected chi connectivity index (χ2v) is 7.12. The molecule has 0 radical (unpaired) electrons. The van der Waals surface area contributed by atoms with Gasteiger partial charge >= 0.3 is 0 Å². The number of benzene rings is 2. The maximum Gasteiger partial charge on any atom is 0.253 e. The highest BCUT2D eigenvalue weighted by molar-refractivity contribution is 6.12. The number of aliphatic hydroxyl groups is 1. The molecule has 1 unspecified atom stereocenters. The molecule has 1 aliphatic heterocycles. The topological polar surface area (TPSA) is 128 Å². The van der Waals surface area contributed by atoms with Gasteiger partial charge in [0.05, 0.1) is 41.3 Å². The third-order valence-electron chi connectivity index (χ3n) is 5.44. The number of nitrogens with two attached hydrogens (primary N) is 1. The Morgan fingerprint density at radius 3 is 2.97 bits per heavy atom. The van der Waals surface area contributed by atoms with Crippen LogP contribution in [0, 0.1) is 17.2 Å². The van der Waals surface area contributed by atoms with E-state index < -0.39 is 5.91 Å². The number of carbonyl (C=O) groups excluding carboxylic acids is 1. The van der Waals surface area contributed by atoms with Crippen molar-refractivity contribution in [3.63, 3.8) is 0 Å². The zero-order valence-electron chi connectivity index (χ0n) is 16.0. The number of hydrogen-bond acceptors (Lipinski definition) is 6. The van der Waals surface area contributed by atoms with Crippen molar-refractivity contribution in [3.05, 3.63) is 41.7 Å². The van der Waals surface area contributed by atoms with E-state index in [2.05, 4.69) is 20.9 Å². The molecule has 4 N–H and O–H groups in total. The Morgan fingerprint density at radius 2 is 2.31 bits per heavy atom. The normalized spacial score (nSPS) is 16.2. The van der Waals surface area contributed by atoms with E-state index in [-0.39, 0.29) is 12.5 Å². The van der Waals surface area contributed by atoms with Crippen LogP contribution in [0.15, 0.2) is 30.6 Å². The number of H-pyrrole nitrogens is 1. The predicted molar refractivity (Wildman–Crippen MR) is 109 cm³/mol. The van der Waals surface area contributed by atoms with Crippen LogP contribution >= 0.6 is 0 Å². The summed E-state index contributed by atoms with van der Waals surface area (Å²) < 4.78 is 5.24. The van der Waals surface area contributed by atoms with Gasteiger partial charge in [0.2, 0.25) is 0 Å². The Hall–Kier alpha value is -3.57. The number of anilines is 1. The Labute approximate surface area is 167 Å². The number of hydrogen-bond donors (Lipinski definition) is 3. The smallest absolute Gasteiger partial charge is 0.253 e. The number of methoxy groups -OCH3 is 1. The lowest BCUT2D eigenvalue weighted by atomic mass is 9.97. The average molecular weight is 391 g/mol. The summed E-state index contributed by atoms with van der Waals surface area (Å²) in [6, 6.07) is 9.39. The van der Waals surface area contributed by atoms with Gasteiger partial charge in [-0.25, -0.2) is 4.98 Å². The molecule has 8 heteroatoms. The molecule has 3 aromatic rings. The SMILES string of the molecule is COc1ccc(-c2cc(N3CCC(CO)C3)c(C(N)=O)c3[nH]cnc23)cc1C#N. The number of rotatable bonds is 5. The Balaban J connectivity index is 1.94. The van der Waals surface area contributed by atoms with E-state index in [0.29, 0.717) is 40.1 Å². The molecule has 148 valence electrons. The quantitative estimate of drug-likeness (QED) is 0.610. The molecular formula is C21H21N5O3. The van der Waals surface area contributed by atoms with Crippen molar-refractivity contribution in [1.29, 1.82) is 5.26 Å². The van der Waals surface area contributed by atoms with Gasteiger partial charge < -0.3 is 25.5 Å². The minimum Gasteiger partial charge on any atom is -0.495 e. The van der Waals surface area contributed by atoms with Crippen molar-refractivity contribution in [2.24, 2.45) is 11.7 Å². The van der Waals surface area contributed by atoms with E-state index in [9.17, 15) is 15.2 Å². The highest BCUT2D eigenvalue weighted by Gasteiger charge is 2.28. The molecule has 4 rings (SSSR count). The van der Waals surface area contributed by atoms with Crippen LogP contribution in [0.1, 0.15) is 22.3 Å². The van der Waals surface area contributed by atoms with Gasteiger partial charge in [0.25, 0.3) is 5.91 Å². The summed E-state index contributed by atoms with van der Waals surface area (Å²) in [4.78, 5) is 21.8. The zero-order chi connectivity index (χ0) is 20.5. The van der Waals surface area contributed by atoms with Crippen molar-refractivity contribution in [3.8, 4) is 22.9 Å². The minimum absolute atomic E-state index is 0.103. The molecule has 0 bridgehead atoms. The van der Waals surface area contributed by atoms with E-state index in [1.54, 1.807) is 12.1 Å². The van der Waals surface area contributed by atoms with Gasteiger partial charge in [0, 0.05) is 31.2 Å². The monoisotopic (exact) mass is 391 g/mol. The second-order valence-electron chi connectivity index (χ2n) is 7.12. The number of primary amides is 1. The lowest BCUT2D eigenvalue weighted by Gasteiger charge is -2.23. The Bertz CT molecular complexity index is 1130. The van der Waals surface area contributed by atoms with Crippen LogP contribution in [0.2, 0.25) is 0 Å². The van der Waals surface area contributed by atoms with Gasteiger partial charge in [-0.1, -0.05) is 6.07 Å². The van der Waals surface area contributed by atoms with Crippen molar-refractivity contribution < 1.29 is 14.6 Å². The highest BCUT2D eigenvalue weighted by Crippen LogP contribution is 2.38. The maximum absolute atomic E-state index is 12.3. The summed E-state index contributed by atoms with van der Waals surface area (Å²) >= 11 is 0. The molecule has 0 saturated carbocycles. The van der Waals surface area contributed by atoms with E-state index in [0.717, 1.165) is 24.1 Å². The number of aromatic nitrogens is 2. The highest BCUT2D eigenvalue weighted by atomic mass is 16.5. The first-order valence-corrected chi connectivity index (χ1v) is 9.31. The van der Waals surface area contributed by atoms with Gasteiger partial charge in [-0.3, -0.25) is 4.79 Å². The van der Waals surface area contributed by atoms with Gasteiger partial charge in [-0.2, -0.15) is 5.26 Å². The lowest BCUT2D eigenvalue weighted by Crippen LogP contribution is -2.25. The standard InChI is InChI=1S/C21H21N5O3/c1-29-17-3-2-13(6-14(17)8-22)15-7-16(26-5-4-12(9-26)10-27)18(21(23)28)20-19(15)24-11-25-20/h2-3,6-7,11-12,27H,4-5,9-10H2,1H3,(H2,23,28)(H,24,25). The largest absolute Gasteiger partial charge is 0.495 e. The molecule has 0 aliphatic carbocycles. The molecule has 1 aromatic heterocycles. The van der Waals surface area contributed by atoms with Crippen LogP contribution in [0.25, 0.3) is 22.2 Å². The molecule has 2 heterocycles. The number of fused-ring (bicyclic) bond motifs is 1. The molecule has 1 saturated heterocycles. The molecule has 1 amide bonds. The number of imidazole rings is 1. The number of nitriles is 1. The fraction of sp³-hybridized carbons (Fsp3) is 0.286. The maximum atomic E-state index is 12.3. The second kappa shape index (κ2) is 7.45. The van der Waals surface area contributed by atoms with Gasteiger partial charge in [-0.05, 0) is 30.2 Å². The molecule has 2 aromatic carbocycles. The van der Waals surface area contributed by atoms with Gasteiger partial charge in [-0.15, -0.1) is 0 Å². The summed E-state index contributed by atoms with van der Waals surface area (Å²) in [5.74, 6) is 0.109. The summed E-state index contributed by atoms with van der Waals surface area (Å²) in [6.45, 7) is 1.46. The molecule has 8 nitrogen and oxygen atoms in total. The first-order valence-electron chi connectivity index (χ1n) is 9.31. The first kappa shape index (κ1) is 18.8. The number of aromatic amines is 1. The number of carbonyl (C=O) groups is 1. The number of amides is 1. The molecule has 29 heavy (non-hydrogen) atoms. The fourth-order valence-electron chi connectivity index (χ4n) is 3.98. The van der Waals surface area contributed by atoms with E-state index >= 15 is 0 Å². The molecule has 0 spiro atoms.